The highest BCUT2D eigenvalue weighted by atomic mass is 16.4. The molecule has 1 aromatic heterocycles. The Hall–Kier alpha value is -3.41. The van der Waals surface area contributed by atoms with E-state index >= 15 is 0 Å². The van der Waals surface area contributed by atoms with Crippen LogP contribution in [0.25, 0.3) is 5.69 Å². The SMILES string of the molecule is Cc1cccc(C(CNC(=O)c2nn(-c3ccccc3)c3c2CCC3)C(=O)O)c1. The van der Waals surface area contributed by atoms with E-state index in [9.17, 15) is 14.7 Å². The maximum Gasteiger partial charge on any atom is 0.312 e. The van der Waals surface area contributed by atoms with Crippen molar-refractivity contribution in [2.24, 2.45) is 0 Å². The fourth-order valence-electron chi connectivity index (χ4n) is 3.92. The van der Waals surface area contributed by atoms with Crippen molar-refractivity contribution in [1.82, 2.24) is 15.1 Å². The van der Waals surface area contributed by atoms with Crippen LogP contribution in [0.2, 0.25) is 0 Å². The van der Waals surface area contributed by atoms with Crippen LogP contribution in [0.4, 0.5) is 0 Å². The van der Waals surface area contributed by atoms with Gasteiger partial charge in [-0.2, -0.15) is 5.10 Å². The van der Waals surface area contributed by atoms with Crippen molar-refractivity contribution in [3.05, 3.63) is 82.7 Å². The smallest absolute Gasteiger partial charge is 0.312 e. The van der Waals surface area contributed by atoms with Crippen LogP contribution in [-0.2, 0) is 17.6 Å². The van der Waals surface area contributed by atoms with Gasteiger partial charge < -0.3 is 10.4 Å². The van der Waals surface area contributed by atoms with Gasteiger partial charge in [0.15, 0.2) is 5.69 Å². The number of aryl methyl sites for hydroxylation is 1. The molecule has 2 N–H and O–H groups in total. The maximum absolute atomic E-state index is 12.9. The van der Waals surface area contributed by atoms with Crippen molar-refractivity contribution in [2.75, 3.05) is 6.54 Å². The Bertz CT molecular complexity index is 1060. The van der Waals surface area contributed by atoms with Gasteiger partial charge in [-0.1, -0.05) is 48.0 Å². The van der Waals surface area contributed by atoms with Crippen molar-refractivity contribution in [1.29, 1.82) is 0 Å². The van der Waals surface area contributed by atoms with Gasteiger partial charge in [-0.3, -0.25) is 9.59 Å². The lowest BCUT2D eigenvalue weighted by molar-refractivity contribution is -0.138. The van der Waals surface area contributed by atoms with Crippen molar-refractivity contribution in [2.45, 2.75) is 32.1 Å². The minimum absolute atomic E-state index is 0.0184. The average Bonchev–Trinajstić information content (AvgIpc) is 3.31. The molecule has 1 atom stereocenters. The van der Waals surface area contributed by atoms with Crippen molar-refractivity contribution >= 4 is 11.9 Å². The second-order valence-electron chi connectivity index (χ2n) is 7.39. The van der Waals surface area contributed by atoms with Crippen LogP contribution in [0.15, 0.2) is 54.6 Å². The number of benzene rings is 2. The second kappa shape index (κ2) is 7.91. The number of rotatable bonds is 6. The van der Waals surface area contributed by atoms with Crippen molar-refractivity contribution < 1.29 is 14.7 Å². The molecule has 1 heterocycles. The van der Waals surface area contributed by atoms with Crippen LogP contribution in [-0.4, -0.2) is 33.3 Å². The van der Waals surface area contributed by atoms with E-state index in [4.69, 9.17) is 0 Å². The van der Waals surface area contributed by atoms with Gasteiger partial charge in [0, 0.05) is 17.8 Å². The number of hydrogen-bond donors (Lipinski definition) is 2. The van der Waals surface area contributed by atoms with E-state index in [1.54, 1.807) is 6.07 Å². The Morgan fingerprint density at radius 2 is 1.93 bits per heavy atom. The zero-order valence-corrected chi connectivity index (χ0v) is 16.3. The number of nitrogens with zero attached hydrogens (tertiary/aromatic N) is 2. The molecule has 1 aliphatic carbocycles. The van der Waals surface area contributed by atoms with Crippen molar-refractivity contribution in [3.8, 4) is 5.69 Å². The second-order valence-corrected chi connectivity index (χ2v) is 7.39. The van der Waals surface area contributed by atoms with Crippen LogP contribution in [0.5, 0.6) is 0 Å². The molecule has 0 bridgehead atoms. The lowest BCUT2D eigenvalue weighted by atomic mass is 9.97. The number of hydrogen-bond acceptors (Lipinski definition) is 3. The number of carboxylic acids is 1. The summed E-state index contributed by atoms with van der Waals surface area (Å²) in [5, 5.41) is 17.0. The first-order valence-corrected chi connectivity index (χ1v) is 9.78. The molecule has 1 unspecified atom stereocenters. The molecule has 6 nitrogen and oxygen atoms in total. The third-order valence-electron chi connectivity index (χ3n) is 5.36. The number of carbonyl (C=O) groups is 2. The fourth-order valence-corrected chi connectivity index (χ4v) is 3.92. The summed E-state index contributed by atoms with van der Waals surface area (Å²) in [5.74, 6) is -2.09. The zero-order valence-electron chi connectivity index (χ0n) is 16.3. The van der Waals surface area contributed by atoms with Gasteiger partial charge in [0.2, 0.25) is 0 Å². The Labute approximate surface area is 169 Å². The molecule has 1 amide bonds. The first kappa shape index (κ1) is 18.9. The molecular formula is C23H23N3O3. The van der Waals surface area contributed by atoms with Crippen molar-refractivity contribution in [3.63, 3.8) is 0 Å². The molecule has 0 saturated heterocycles. The molecule has 0 fully saturated rings. The molecule has 2 aromatic carbocycles. The highest BCUT2D eigenvalue weighted by Gasteiger charge is 2.28. The van der Waals surface area contributed by atoms with Crippen LogP contribution in [0, 0.1) is 6.92 Å². The number of fused-ring (bicyclic) bond motifs is 1. The molecule has 4 rings (SSSR count). The molecule has 29 heavy (non-hydrogen) atoms. The summed E-state index contributed by atoms with van der Waals surface area (Å²) in [6.45, 7) is 1.94. The Kier molecular flexibility index (Phi) is 5.16. The molecule has 6 heteroatoms. The maximum atomic E-state index is 12.9. The van der Waals surface area contributed by atoms with Gasteiger partial charge in [-0.15, -0.1) is 0 Å². The molecule has 148 valence electrons. The number of para-hydroxylation sites is 1. The number of aromatic nitrogens is 2. The third-order valence-corrected chi connectivity index (χ3v) is 5.36. The minimum atomic E-state index is -0.962. The van der Waals surface area contributed by atoms with Gasteiger partial charge in [0.25, 0.3) is 5.91 Å². The fraction of sp³-hybridized carbons (Fsp3) is 0.261. The largest absolute Gasteiger partial charge is 0.481 e. The predicted molar refractivity (Wildman–Crippen MR) is 109 cm³/mol. The summed E-state index contributed by atoms with van der Waals surface area (Å²) in [4.78, 5) is 24.7. The number of carbonyl (C=O) groups excluding carboxylic acids is 1. The Morgan fingerprint density at radius 1 is 1.14 bits per heavy atom. The van der Waals surface area contributed by atoms with E-state index in [1.165, 1.54) is 0 Å². The first-order valence-electron chi connectivity index (χ1n) is 9.78. The first-order chi connectivity index (χ1) is 14.0. The summed E-state index contributed by atoms with van der Waals surface area (Å²) in [5.41, 5.74) is 5.02. The quantitative estimate of drug-likeness (QED) is 0.678. The van der Waals surface area contributed by atoms with Gasteiger partial charge in [-0.05, 0) is 43.9 Å². The van der Waals surface area contributed by atoms with E-state index < -0.39 is 11.9 Å². The van der Waals surface area contributed by atoms with E-state index in [2.05, 4.69) is 10.4 Å². The Balaban J connectivity index is 1.57. The monoisotopic (exact) mass is 389 g/mol. The highest BCUT2D eigenvalue weighted by Crippen LogP contribution is 2.28. The van der Waals surface area contributed by atoms with Crippen LogP contribution >= 0.6 is 0 Å². The van der Waals surface area contributed by atoms with Crippen LogP contribution in [0.3, 0.4) is 0 Å². The van der Waals surface area contributed by atoms with Crippen LogP contribution in [0.1, 0.15) is 45.2 Å². The standard InChI is InChI=1S/C23H23N3O3/c1-15-7-5-8-16(13-15)19(23(28)29)14-24-22(27)21-18-11-6-12-20(18)26(25-21)17-9-3-2-4-10-17/h2-5,7-10,13,19H,6,11-12,14H2,1H3,(H,24,27)(H,28,29). The van der Waals surface area contributed by atoms with E-state index in [1.807, 2.05) is 60.1 Å². The molecule has 3 aromatic rings. The van der Waals surface area contributed by atoms with Crippen LogP contribution < -0.4 is 5.32 Å². The molecule has 0 aliphatic heterocycles. The summed E-state index contributed by atoms with van der Waals surface area (Å²) in [6.07, 6.45) is 2.68. The molecule has 1 aliphatic rings. The molecule has 0 saturated carbocycles. The summed E-state index contributed by atoms with van der Waals surface area (Å²) in [7, 11) is 0. The highest BCUT2D eigenvalue weighted by molar-refractivity contribution is 5.94. The van der Waals surface area contributed by atoms with E-state index in [-0.39, 0.29) is 12.5 Å². The lowest BCUT2D eigenvalue weighted by Gasteiger charge is -2.14. The summed E-state index contributed by atoms with van der Waals surface area (Å²) in [6, 6.07) is 17.1. The summed E-state index contributed by atoms with van der Waals surface area (Å²) >= 11 is 0. The molecular weight excluding hydrogens is 366 g/mol. The minimum Gasteiger partial charge on any atom is -0.481 e. The van der Waals surface area contributed by atoms with E-state index in [0.717, 1.165) is 41.8 Å². The average molecular weight is 389 g/mol. The van der Waals surface area contributed by atoms with Gasteiger partial charge in [0.1, 0.15) is 0 Å². The predicted octanol–water partition coefficient (Wildman–Crippen LogP) is 3.27. The topological polar surface area (TPSA) is 84.2 Å². The molecule has 0 spiro atoms. The number of amides is 1. The normalized spacial score (nSPS) is 13.7. The van der Waals surface area contributed by atoms with Gasteiger partial charge >= 0.3 is 5.97 Å². The lowest BCUT2D eigenvalue weighted by Crippen LogP contribution is -2.32. The zero-order chi connectivity index (χ0) is 20.4. The number of carboxylic acid groups (broad SMARTS) is 1. The van der Waals surface area contributed by atoms with E-state index in [0.29, 0.717) is 11.3 Å². The van der Waals surface area contributed by atoms with Gasteiger partial charge in [-0.25, -0.2) is 4.68 Å². The summed E-state index contributed by atoms with van der Waals surface area (Å²) < 4.78 is 1.84. The third kappa shape index (κ3) is 3.78. The number of nitrogens with one attached hydrogen (secondary N) is 1. The Morgan fingerprint density at radius 3 is 2.66 bits per heavy atom. The number of aliphatic carboxylic acids is 1. The molecule has 0 radical (unpaired) electrons. The van der Waals surface area contributed by atoms with Gasteiger partial charge in [0.05, 0.1) is 11.6 Å².